The van der Waals surface area contributed by atoms with Crippen LogP contribution < -0.4 is 0 Å². The molecule has 0 aliphatic carbocycles. The van der Waals surface area contributed by atoms with E-state index >= 15 is 0 Å². The van der Waals surface area contributed by atoms with Crippen molar-refractivity contribution in [2.75, 3.05) is 26.2 Å². The Morgan fingerprint density at radius 1 is 1.09 bits per heavy atom. The number of hydrogen-bond donors (Lipinski definition) is 0. The number of halogens is 2. The number of piperazine rings is 1. The summed E-state index contributed by atoms with van der Waals surface area (Å²) in [5.74, 6) is 0.453. The summed E-state index contributed by atoms with van der Waals surface area (Å²) in [7, 11) is 0. The number of aromatic nitrogens is 2. The maximum Gasteiger partial charge on any atom is 0.320 e. The second kappa shape index (κ2) is 6.30. The van der Waals surface area contributed by atoms with Gasteiger partial charge in [-0.15, -0.1) is 0 Å². The van der Waals surface area contributed by atoms with Crippen molar-refractivity contribution in [1.82, 2.24) is 19.4 Å². The lowest BCUT2D eigenvalue weighted by molar-refractivity contribution is 0.0628. The summed E-state index contributed by atoms with van der Waals surface area (Å²) < 4.78 is 27.9. The Morgan fingerprint density at radius 2 is 1.77 bits per heavy atom. The number of benzene rings is 1. The van der Waals surface area contributed by atoms with Gasteiger partial charge in [-0.25, -0.2) is 4.98 Å². The molecule has 0 spiro atoms. The highest BCUT2D eigenvalue weighted by Gasteiger charge is 2.23. The first-order valence-corrected chi connectivity index (χ1v) is 7.76. The molecule has 1 saturated heterocycles. The molecule has 4 nitrogen and oxygen atoms in total. The summed E-state index contributed by atoms with van der Waals surface area (Å²) in [5.41, 5.74) is 1.15. The second-order valence-corrected chi connectivity index (χ2v) is 6.07. The lowest BCUT2D eigenvalue weighted by Gasteiger charge is -2.36. The smallest absolute Gasteiger partial charge is 0.298 e. The third-order valence-electron chi connectivity index (χ3n) is 4.37. The van der Waals surface area contributed by atoms with E-state index in [2.05, 4.69) is 28.6 Å². The molecule has 2 heterocycles. The molecule has 1 aliphatic heterocycles. The summed E-state index contributed by atoms with van der Waals surface area (Å²) in [6.07, 6.45) is 0. The number of hydrogen-bond acceptors (Lipinski definition) is 3. The predicted octanol–water partition coefficient (Wildman–Crippen LogP) is 2.96. The summed E-state index contributed by atoms with van der Waals surface area (Å²) in [6, 6.07) is 7.63. The molecule has 0 unspecified atom stereocenters. The lowest BCUT2D eigenvalue weighted by atomic mass is 10.2. The zero-order valence-electron chi connectivity index (χ0n) is 13.0. The topological polar surface area (TPSA) is 24.3 Å². The van der Waals surface area contributed by atoms with Crippen LogP contribution in [0, 0.1) is 0 Å². The van der Waals surface area contributed by atoms with E-state index in [1.54, 1.807) is 18.2 Å². The van der Waals surface area contributed by atoms with Gasteiger partial charge in [-0.3, -0.25) is 14.4 Å². The molecular formula is C16H22F2N4. The quantitative estimate of drug-likeness (QED) is 0.868. The molecule has 0 bridgehead atoms. The number of alkyl halides is 2. The summed E-state index contributed by atoms with van der Waals surface area (Å²) in [4.78, 5) is 9.03. The zero-order chi connectivity index (χ0) is 15.7. The van der Waals surface area contributed by atoms with Crippen LogP contribution in [0.4, 0.5) is 8.78 Å². The molecule has 0 saturated carbocycles. The average molecular weight is 308 g/mol. The Balaban J connectivity index is 1.78. The Morgan fingerprint density at radius 3 is 2.41 bits per heavy atom. The van der Waals surface area contributed by atoms with Crippen molar-refractivity contribution in [2.24, 2.45) is 0 Å². The molecule has 0 atom stereocenters. The standard InChI is InChI=1S/C16H22F2N4/c1-12(2)21-9-7-20(8-10-21)11-15-19-13-5-3-4-6-14(13)22(15)16(17)18/h3-6,12,16H,7-11H2,1-2H3. The first-order valence-electron chi connectivity index (χ1n) is 7.76. The van der Waals surface area contributed by atoms with Crippen LogP contribution in [0.1, 0.15) is 26.2 Å². The van der Waals surface area contributed by atoms with Gasteiger partial charge in [-0.1, -0.05) is 12.1 Å². The highest BCUT2D eigenvalue weighted by atomic mass is 19.3. The van der Waals surface area contributed by atoms with E-state index in [9.17, 15) is 8.78 Å². The molecule has 2 aromatic rings. The molecule has 120 valence electrons. The predicted molar refractivity (Wildman–Crippen MR) is 83.0 cm³/mol. The van der Waals surface area contributed by atoms with Crippen LogP contribution in [-0.2, 0) is 6.54 Å². The van der Waals surface area contributed by atoms with Crippen molar-refractivity contribution in [1.29, 1.82) is 0 Å². The maximum absolute atomic E-state index is 13.4. The molecule has 1 fully saturated rings. The van der Waals surface area contributed by atoms with Crippen molar-refractivity contribution < 1.29 is 8.78 Å². The highest BCUT2D eigenvalue weighted by molar-refractivity contribution is 5.75. The molecular weight excluding hydrogens is 286 g/mol. The second-order valence-electron chi connectivity index (χ2n) is 6.07. The fourth-order valence-electron chi connectivity index (χ4n) is 3.06. The molecule has 1 aromatic carbocycles. The minimum Gasteiger partial charge on any atom is -0.298 e. The van der Waals surface area contributed by atoms with E-state index in [4.69, 9.17) is 0 Å². The van der Waals surface area contributed by atoms with Gasteiger partial charge in [0.05, 0.1) is 17.6 Å². The normalized spacial score (nSPS) is 17.9. The van der Waals surface area contributed by atoms with E-state index in [0.717, 1.165) is 30.7 Å². The summed E-state index contributed by atoms with van der Waals surface area (Å²) in [5, 5.41) is 0. The van der Waals surface area contributed by atoms with Gasteiger partial charge in [0.2, 0.25) is 0 Å². The zero-order valence-corrected chi connectivity index (χ0v) is 13.0. The summed E-state index contributed by atoms with van der Waals surface area (Å²) in [6.45, 7) is 6.04. The Kier molecular flexibility index (Phi) is 4.40. The summed E-state index contributed by atoms with van der Waals surface area (Å²) >= 11 is 0. The van der Waals surface area contributed by atoms with Crippen LogP contribution in [0.5, 0.6) is 0 Å². The molecule has 0 amide bonds. The van der Waals surface area contributed by atoms with Gasteiger partial charge in [-0.05, 0) is 26.0 Å². The van der Waals surface area contributed by atoms with Gasteiger partial charge in [-0.2, -0.15) is 8.78 Å². The fraction of sp³-hybridized carbons (Fsp3) is 0.562. The molecule has 3 rings (SSSR count). The van der Waals surface area contributed by atoms with Gasteiger partial charge in [0, 0.05) is 32.2 Å². The van der Waals surface area contributed by atoms with E-state index in [-0.39, 0.29) is 0 Å². The van der Waals surface area contributed by atoms with Crippen molar-refractivity contribution in [3.63, 3.8) is 0 Å². The molecule has 6 heteroatoms. The van der Waals surface area contributed by atoms with Crippen LogP contribution in [-0.4, -0.2) is 51.6 Å². The number of fused-ring (bicyclic) bond motifs is 1. The third-order valence-corrected chi connectivity index (χ3v) is 4.37. The molecule has 0 radical (unpaired) electrons. The molecule has 1 aromatic heterocycles. The van der Waals surface area contributed by atoms with Crippen LogP contribution >= 0.6 is 0 Å². The van der Waals surface area contributed by atoms with Gasteiger partial charge < -0.3 is 0 Å². The number of rotatable bonds is 4. The SMILES string of the molecule is CC(C)N1CCN(Cc2nc3ccccc3n2C(F)F)CC1. The molecule has 1 aliphatic rings. The molecule has 22 heavy (non-hydrogen) atoms. The van der Waals surface area contributed by atoms with Gasteiger partial charge in [0.1, 0.15) is 5.82 Å². The minimum atomic E-state index is -2.56. The van der Waals surface area contributed by atoms with E-state index in [1.165, 1.54) is 0 Å². The highest BCUT2D eigenvalue weighted by Crippen LogP contribution is 2.24. The number of imidazole rings is 1. The van der Waals surface area contributed by atoms with E-state index in [1.807, 2.05) is 6.07 Å². The van der Waals surface area contributed by atoms with Gasteiger partial charge >= 0.3 is 6.55 Å². The Labute approximate surface area is 129 Å². The first-order chi connectivity index (χ1) is 10.6. The Hall–Kier alpha value is -1.53. The fourth-order valence-corrected chi connectivity index (χ4v) is 3.06. The monoisotopic (exact) mass is 308 g/mol. The number of nitrogens with zero attached hydrogens (tertiary/aromatic N) is 4. The number of para-hydroxylation sites is 2. The largest absolute Gasteiger partial charge is 0.320 e. The van der Waals surface area contributed by atoms with Gasteiger partial charge in [0.15, 0.2) is 0 Å². The Bertz CT molecular complexity index is 630. The van der Waals surface area contributed by atoms with Crippen LogP contribution in [0.25, 0.3) is 11.0 Å². The minimum absolute atomic E-state index is 0.453. The van der Waals surface area contributed by atoms with Crippen LogP contribution in [0.2, 0.25) is 0 Å². The van der Waals surface area contributed by atoms with E-state index < -0.39 is 6.55 Å². The first kappa shape index (κ1) is 15.4. The van der Waals surface area contributed by atoms with Crippen molar-refractivity contribution >= 4 is 11.0 Å². The maximum atomic E-state index is 13.4. The van der Waals surface area contributed by atoms with Gasteiger partial charge in [0.25, 0.3) is 0 Å². The van der Waals surface area contributed by atoms with E-state index in [0.29, 0.717) is 29.4 Å². The van der Waals surface area contributed by atoms with Crippen molar-refractivity contribution in [3.8, 4) is 0 Å². The third kappa shape index (κ3) is 2.98. The van der Waals surface area contributed by atoms with Crippen LogP contribution in [0.3, 0.4) is 0 Å². The van der Waals surface area contributed by atoms with Crippen molar-refractivity contribution in [2.45, 2.75) is 33.0 Å². The van der Waals surface area contributed by atoms with Crippen LogP contribution in [0.15, 0.2) is 24.3 Å². The lowest BCUT2D eigenvalue weighted by Crippen LogP contribution is -2.48. The molecule has 0 N–H and O–H groups in total. The van der Waals surface area contributed by atoms with Crippen molar-refractivity contribution in [3.05, 3.63) is 30.1 Å². The average Bonchev–Trinajstić information content (AvgIpc) is 2.85.